The monoisotopic (exact) mass is 451 g/mol. The summed E-state index contributed by atoms with van der Waals surface area (Å²) in [5, 5.41) is 5.02. The van der Waals surface area contributed by atoms with Crippen LogP contribution in [0, 0.1) is 0 Å². The van der Waals surface area contributed by atoms with Gasteiger partial charge in [0.2, 0.25) is 11.8 Å². The Labute approximate surface area is 196 Å². The van der Waals surface area contributed by atoms with Gasteiger partial charge >= 0.3 is 0 Å². The van der Waals surface area contributed by atoms with E-state index in [9.17, 15) is 9.59 Å². The van der Waals surface area contributed by atoms with Crippen molar-refractivity contribution in [1.29, 1.82) is 0 Å². The number of nitrogens with zero attached hydrogens (tertiary/aromatic N) is 2. The van der Waals surface area contributed by atoms with Gasteiger partial charge in [-0.05, 0) is 35.7 Å². The molecule has 4 aromatic carbocycles. The van der Waals surface area contributed by atoms with Crippen LogP contribution in [0.3, 0.4) is 0 Å². The van der Waals surface area contributed by atoms with E-state index in [1.807, 2.05) is 103 Å². The van der Waals surface area contributed by atoms with E-state index in [0.29, 0.717) is 5.17 Å². The second-order valence-corrected chi connectivity index (χ2v) is 8.79. The summed E-state index contributed by atoms with van der Waals surface area (Å²) in [7, 11) is 0. The van der Waals surface area contributed by atoms with Crippen LogP contribution in [-0.4, -0.2) is 22.2 Å². The third kappa shape index (κ3) is 4.52. The fraction of sp³-hybridized carbons (Fsp3) is 0.0741. The summed E-state index contributed by atoms with van der Waals surface area (Å²) >= 11 is 1.32. The smallest absolute Gasteiger partial charge is 0.247 e. The quantitative estimate of drug-likeness (QED) is 0.404. The summed E-state index contributed by atoms with van der Waals surface area (Å²) in [6, 6.07) is 32.6. The van der Waals surface area contributed by atoms with Crippen LogP contribution in [0.1, 0.15) is 6.42 Å². The third-order valence-electron chi connectivity index (χ3n) is 5.36. The molecule has 4 aromatic rings. The average Bonchev–Trinajstić information content (AvgIpc) is 3.14. The molecule has 33 heavy (non-hydrogen) atoms. The summed E-state index contributed by atoms with van der Waals surface area (Å²) in [4.78, 5) is 32.6. The van der Waals surface area contributed by atoms with Gasteiger partial charge in [-0.3, -0.25) is 14.5 Å². The van der Waals surface area contributed by atoms with Crippen molar-refractivity contribution < 1.29 is 9.59 Å². The molecule has 0 aliphatic carbocycles. The van der Waals surface area contributed by atoms with Gasteiger partial charge in [-0.15, -0.1) is 0 Å². The Morgan fingerprint density at radius 3 is 2.30 bits per heavy atom. The number of nitrogens with one attached hydrogen (secondary N) is 1. The number of hydrogen-bond acceptors (Lipinski definition) is 4. The van der Waals surface area contributed by atoms with Crippen molar-refractivity contribution in [3.63, 3.8) is 0 Å². The van der Waals surface area contributed by atoms with Crippen molar-refractivity contribution in [3.05, 3.63) is 103 Å². The number of fused-ring (bicyclic) bond motifs is 1. The number of rotatable bonds is 5. The van der Waals surface area contributed by atoms with E-state index in [2.05, 4.69) is 5.32 Å². The number of amides is 2. The van der Waals surface area contributed by atoms with Gasteiger partial charge in [-0.2, -0.15) is 0 Å². The highest BCUT2D eigenvalue weighted by Gasteiger charge is 2.40. The Morgan fingerprint density at radius 1 is 0.848 bits per heavy atom. The van der Waals surface area contributed by atoms with E-state index in [1.54, 1.807) is 4.90 Å². The molecule has 5 nitrogen and oxygen atoms in total. The highest BCUT2D eigenvalue weighted by atomic mass is 32.2. The lowest BCUT2D eigenvalue weighted by Crippen LogP contribution is -2.33. The number of amidine groups is 1. The maximum atomic E-state index is 13.4. The maximum Gasteiger partial charge on any atom is 0.247 e. The number of aliphatic imine (C=N–C) groups is 1. The Bertz CT molecular complexity index is 1330. The minimum absolute atomic E-state index is 0.0594. The lowest BCUT2D eigenvalue weighted by molar-refractivity contribution is -0.121. The SMILES string of the molecule is O=C(CC1SC(=Nc2ccccc2)N(c2ccccc2)C1=O)Nc1cccc2ccccc12. The van der Waals surface area contributed by atoms with Crippen LogP contribution in [0.5, 0.6) is 0 Å². The third-order valence-corrected chi connectivity index (χ3v) is 6.50. The van der Waals surface area contributed by atoms with E-state index in [1.165, 1.54) is 11.8 Å². The Morgan fingerprint density at radius 2 is 1.52 bits per heavy atom. The van der Waals surface area contributed by atoms with Gasteiger partial charge < -0.3 is 5.32 Å². The number of benzene rings is 4. The zero-order valence-electron chi connectivity index (χ0n) is 17.7. The van der Waals surface area contributed by atoms with E-state index in [4.69, 9.17) is 4.99 Å². The summed E-state index contributed by atoms with van der Waals surface area (Å²) in [5.74, 6) is -0.347. The van der Waals surface area contributed by atoms with Crippen LogP contribution >= 0.6 is 11.8 Å². The maximum absolute atomic E-state index is 13.4. The zero-order valence-corrected chi connectivity index (χ0v) is 18.5. The van der Waals surface area contributed by atoms with Crippen molar-refractivity contribution >= 4 is 56.6 Å². The largest absolute Gasteiger partial charge is 0.325 e. The molecule has 1 aliphatic rings. The summed E-state index contributed by atoms with van der Waals surface area (Å²) < 4.78 is 0. The van der Waals surface area contributed by atoms with Crippen LogP contribution < -0.4 is 10.2 Å². The van der Waals surface area contributed by atoms with Gasteiger partial charge in [-0.25, -0.2) is 4.99 Å². The van der Waals surface area contributed by atoms with E-state index in [0.717, 1.165) is 27.8 Å². The van der Waals surface area contributed by atoms with Crippen molar-refractivity contribution in [1.82, 2.24) is 0 Å². The van der Waals surface area contributed by atoms with E-state index >= 15 is 0 Å². The highest BCUT2D eigenvalue weighted by Crippen LogP contribution is 2.35. The van der Waals surface area contributed by atoms with Crippen molar-refractivity contribution in [2.24, 2.45) is 4.99 Å². The molecule has 5 rings (SSSR count). The normalized spacial score (nSPS) is 17.0. The predicted octanol–water partition coefficient (Wildman–Crippen LogP) is 6.00. The number of anilines is 2. The van der Waals surface area contributed by atoms with E-state index in [-0.39, 0.29) is 18.2 Å². The molecule has 0 saturated carbocycles. The molecule has 0 aromatic heterocycles. The van der Waals surface area contributed by atoms with Crippen LogP contribution in [0.4, 0.5) is 17.1 Å². The molecular formula is C27H21N3O2S. The molecule has 2 amide bonds. The van der Waals surface area contributed by atoms with Gasteiger partial charge in [-0.1, -0.05) is 84.6 Å². The molecule has 1 saturated heterocycles. The lowest BCUT2D eigenvalue weighted by Gasteiger charge is -2.16. The Balaban J connectivity index is 1.39. The van der Waals surface area contributed by atoms with Crippen molar-refractivity contribution in [2.75, 3.05) is 10.2 Å². The lowest BCUT2D eigenvalue weighted by atomic mass is 10.1. The first-order valence-electron chi connectivity index (χ1n) is 10.7. The van der Waals surface area contributed by atoms with Gasteiger partial charge in [0.25, 0.3) is 0 Å². The van der Waals surface area contributed by atoms with Gasteiger partial charge in [0.1, 0.15) is 5.25 Å². The summed E-state index contributed by atoms with van der Waals surface area (Å²) in [6.45, 7) is 0. The molecule has 1 fully saturated rings. The molecule has 6 heteroatoms. The first kappa shape index (κ1) is 21.0. The fourth-order valence-electron chi connectivity index (χ4n) is 3.81. The predicted molar refractivity (Wildman–Crippen MR) is 136 cm³/mol. The number of thioether (sulfide) groups is 1. The molecule has 1 unspecified atom stereocenters. The van der Waals surface area contributed by atoms with Gasteiger partial charge in [0, 0.05) is 17.5 Å². The standard InChI is InChI=1S/C27H21N3O2S/c31-25(29-23-17-9-11-19-10-7-8-16-22(19)23)18-24-26(32)30(21-14-5-2-6-15-21)27(33-24)28-20-12-3-1-4-13-20/h1-17,24H,18H2,(H,29,31). The highest BCUT2D eigenvalue weighted by molar-refractivity contribution is 8.16. The molecule has 1 aliphatic heterocycles. The molecule has 0 spiro atoms. The Hall–Kier alpha value is -3.90. The summed E-state index contributed by atoms with van der Waals surface area (Å²) in [5.41, 5.74) is 2.24. The summed E-state index contributed by atoms with van der Waals surface area (Å²) in [6.07, 6.45) is 0.0594. The van der Waals surface area contributed by atoms with Crippen LogP contribution in [-0.2, 0) is 9.59 Å². The minimum Gasteiger partial charge on any atom is -0.325 e. The molecule has 1 N–H and O–H groups in total. The minimum atomic E-state index is -0.553. The number of hydrogen-bond donors (Lipinski definition) is 1. The molecular weight excluding hydrogens is 430 g/mol. The molecule has 0 bridgehead atoms. The van der Waals surface area contributed by atoms with Crippen LogP contribution in [0.25, 0.3) is 10.8 Å². The second-order valence-electron chi connectivity index (χ2n) is 7.62. The topological polar surface area (TPSA) is 61.8 Å². The Kier molecular flexibility index (Phi) is 5.91. The molecule has 1 atom stereocenters. The first-order valence-corrected chi connectivity index (χ1v) is 11.5. The van der Waals surface area contributed by atoms with Crippen LogP contribution in [0.15, 0.2) is 108 Å². The average molecular weight is 452 g/mol. The second kappa shape index (κ2) is 9.30. The molecule has 162 valence electrons. The van der Waals surface area contributed by atoms with E-state index < -0.39 is 5.25 Å². The van der Waals surface area contributed by atoms with Crippen molar-refractivity contribution in [3.8, 4) is 0 Å². The van der Waals surface area contributed by atoms with Gasteiger partial charge in [0.15, 0.2) is 5.17 Å². The molecule has 0 radical (unpaired) electrons. The van der Waals surface area contributed by atoms with Crippen LogP contribution in [0.2, 0.25) is 0 Å². The molecule has 1 heterocycles. The zero-order chi connectivity index (χ0) is 22.6. The fourth-order valence-corrected chi connectivity index (χ4v) is 4.96. The van der Waals surface area contributed by atoms with Crippen molar-refractivity contribution in [2.45, 2.75) is 11.7 Å². The number of para-hydroxylation sites is 2. The number of carbonyl (C=O) groups excluding carboxylic acids is 2. The van der Waals surface area contributed by atoms with Gasteiger partial charge in [0.05, 0.1) is 11.4 Å². The first-order chi connectivity index (χ1) is 16.2. The number of carbonyl (C=O) groups is 2.